The van der Waals surface area contributed by atoms with E-state index < -0.39 is 28.9 Å². The summed E-state index contributed by atoms with van der Waals surface area (Å²) in [6, 6.07) is 2.69. The van der Waals surface area contributed by atoms with Crippen molar-refractivity contribution in [3.05, 3.63) is 37.4 Å². The number of aliphatic hydroxyl groups is 1. The van der Waals surface area contributed by atoms with Crippen LogP contribution in [0.15, 0.2) is 18.2 Å². The summed E-state index contributed by atoms with van der Waals surface area (Å²) in [5, 5.41) is 29.4. The summed E-state index contributed by atoms with van der Waals surface area (Å²) in [6.45, 7) is -0.103. The molecule has 1 aliphatic heterocycles. The highest BCUT2D eigenvalue weighted by molar-refractivity contribution is 14.1. The summed E-state index contributed by atoms with van der Waals surface area (Å²) in [6.07, 6.45) is -0.960. The van der Waals surface area contributed by atoms with Gasteiger partial charge in [-0.2, -0.15) is 0 Å². The number of nitrogens with zero attached hydrogens (tertiary/aromatic N) is 2. The molecule has 1 unspecified atom stereocenters. The Bertz CT molecular complexity index is 620. The van der Waals surface area contributed by atoms with Crippen molar-refractivity contribution in [2.45, 2.75) is 18.6 Å². The number of aliphatic carboxylic acids is 1. The number of carboxylic acids is 1. The number of hydrogen-bond donors (Lipinski definition) is 2. The number of halogens is 1. The van der Waals surface area contributed by atoms with E-state index in [0.29, 0.717) is 3.57 Å². The monoisotopic (exact) mass is 406 g/mol. The van der Waals surface area contributed by atoms with Crippen molar-refractivity contribution in [1.82, 2.24) is 4.90 Å². The van der Waals surface area contributed by atoms with E-state index in [4.69, 9.17) is 5.11 Å². The van der Waals surface area contributed by atoms with Gasteiger partial charge in [0.1, 0.15) is 6.04 Å². The van der Waals surface area contributed by atoms with Crippen LogP contribution in [0.4, 0.5) is 5.69 Å². The molecule has 0 aliphatic carbocycles. The number of rotatable bonds is 3. The molecule has 1 aliphatic rings. The number of non-ortho nitro benzene ring substituents is 1. The van der Waals surface area contributed by atoms with Gasteiger partial charge in [0.15, 0.2) is 0 Å². The second-order valence-corrected chi connectivity index (χ2v) is 5.78. The summed E-state index contributed by atoms with van der Waals surface area (Å²) in [4.78, 5) is 34.8. The van der Waals surface area contributed by atoms with Crippen LogP contribution in [0.5, 0.6) is 0 Å². The smallest absolute Gasteiger partial charge is 0.326 e. The van der Waals surface area contributed by atoms with Crippen LogP contribution in [0.2, 0.25) is 0 Å². The number of carbonyl (C=O) groups is 2. The predicted molar refractivity (Wildman–Crippen MR) is 78.9 cm³/mol. The second kappa shape index (κ2) is 5.93. The molecule has 0 bridgehead atoms. The van der Waals surface area contributed by atoms with Crippen LogP contribution < -0.4 is 0 Å². The van der Waals surface area contributed by atoms with Gasteiger partial charge in [-0.05, 0) is 28.7 Å². The molecule has 1 fully saturated rings. The molecule has 2 rings (SSSR count). The molecule has 112 valence electrons. The zero-order valence-electron chi connectivity index (χ0n) is 10.6. The Morgan fingerprint density at radius 3 is 2.67 bits per heavy atom. The molecule has 2 N–H and O–H groups in total. The summed E-state index contributed by atoms with van der Waals surface area (Å²) in [5.74, 6) is -1.84. The molecule has 1 heterocycles. The van der Waals surface area contributed by atoms with Crippen LogP contribution in [0.3, 0.4) is 0 Å². The quantitative estimate of drug-likeness (QED) is 0.437. The Hall–Kier alpha value is -1.75. The Balaban J connectivity index is 2.37. The van der Waals surface area contributed by atoms with Crippen LogP contribution in [0.25, 0.3) is 0 Å². The Labute approximate surface area is 132 Å². The van der Waals surface area contributed by atoms with Gasteiger partial charge in [0.2, 0.25) is 0 Å². The number of aliphatic hydroxyl groups excluding tert-OH is 1. The van der Waals surface area contributed by atoms with Gasteiger partial charge in [0.25, 0.3) is 11.6 Å². The number of benzene rings is 1. The molecule has 2 atom stereocenters. The lowest BCUT2D eigenvalue weighted by Gasteiger charge is -2.21. The van der Waals surface area contributed by atoms with E-state index in [0.717, 1.165) is 11.0 Å². The summed E-state index contributed by atoms with van der Waals surface area (Å²) in [7, 11) is 0. The first-order valence-electron chi connectivity index (χ1n) is 5.97. The third kappa shape index (κ3) is 3.13. The Kier molecular flexibility index (Phi) is 4.42. The molecule has 21 heavy (non-hydrogen) atoms. The lowest BCUT2D eigenvalue weighted by molar-refractivity contribution is -0.384. The highest BCUT2D eigenvalue weighted by Crippen LogP contribution is 2.25. The molecule has 0 aromatic heterocycles. The minimum atomic E-state index is -1.21. The largest absolute Gasteiger partial charge is 0.480 e. The number of amides is 1. The van der Waals surface area contributed by atoms with Gasteiger partial charge in [0, 0.05) is 28.7 Å². The molecular weight excluding hydrogens is 395 g/mol. The molecule has 8 nitrogen and oxygen atoms in total. The number of nitro benzene ring substituents is 1. The molecule has 0 saturated carbocycles. The van der Waals surface area contributed by atoms with Crippen LogP contribution >= 0.6 is 22.6 Å². The Morgan fingerprint density at radius 2 is 2.10 bits per heavy atom. The first kappa shape index (κ1) is 15.6. The highest BCUT2D eigenvalue weighted by Gasteiger charge is 2.39. The van der Waals surface area contributed by atoms with Crippen molar-refractivity contribution in [3.63, 3.8) is 0 Å². The molecule has 0 spiro atoms. The lowest BCUT2D eigenvalue weighted by atomic mass is 10.1. The molecular formula is C12H11IN2O6. The van der Waals surface area contributed by atoms with Crippen molar-refractivity contribution < 1.29 is 24.7 Å². The number of carboxylic acid groups (broad SMARTS) is 1. The van der Waals surface area contributed by atoms with Crippen LogP contribution in [0, 0.1) is 13.7 Å². The van der Waals surface area contributed by atoms with E-state index in [-0.39, 0.29) is 24.2 Å². The highest BCUT2D eigenvalue weighted by atomic mass is 127. The van der Waals surface area contributed by atoms with Crippen molar-refractivity contribution in [1.29, 1.82) is 0 Å². The third-order valence-electron chi connectivity index (χ3n) is 3.22. The predicted octanol–water partition coefficient (Wildman–Crippen LogP) is 0.859. The summed E-state index contributed by atoms with van der Waals surface area (Å²) < 4.78 is 0.480. The SMILES string of the molecule is O=C(O)[C@@H]1CC(O)CN1C(=O)c1cc([N+](=O)[O-])ccc1I. The van der Waals surface area contributed by atoms with Crippen molar-refractivity contribution in [2.24, 2.45) is 0 Å². The van der Waals surface area contributed by atoms with E-state index >= 15 is 0 Å². The molecule has 1 amide bonds. The van der Waals surface area contributed by atoms with E-state index in [1.807, 2.05) is 22.6 Å². The van der Waals surface area contributed by atoms with Gasteiger partial charge >= 0.3 is 5.97 Å². The number of hydrogen-bond acceptors (Lipinski definition) is 5. The first-order valence-corrected chi connectivity index (χ1v) is 7.05. The molecule has 0 radical (unpaired) electrons. The molecule has 9 heteroatoms. The average molecular weight is 406 g/mol. The minimum Gasteiger partial charge on any atom is -0.480 e. The first-order chi connectivity index (χ1) is 9.81. The van der Waals surface area contributed by atoms with Crippen LogP contribution in [0.1, 0.15) is 16.8 Å². The number of carbonyl (C=O) groups excluding carboxylic acids is 1. The number of β-amino-alcohol motifs (C(OH)–C–C–N with tert-alkyl or cyclic N) is 1. The van der Waals surface area contributed by atoms with E-state index in [9.17, 15) is 24.8 Å². The fourth-order valence-electron chi connectivity index (χ4n) is 2.22. The molecule has 1 aromatic rings. The molecule has 1 saturated heterocycles. The maximum Gasteiger partial charge on any atom is 0.326 e. The van der Waals surface area contributed by atoms with E-state index in [1.54, 1.807) is 0 Å². The maximum atomic E-state index is 12.4. The second-order valence-electron chi connectivity index (χ2n) is 4.62. The van der Waals surface area contributed by atoms with Crippen molar-refractivity contribution in [2.75, 3.05) is 6.54 Å². The zero-order valence-corrected chi connectivity index (χ0v) is 12.8. The fraction of sp³-hybridized carbons (Fsp3) is 0.333. The van der Waals surface area contributed by atoms with Crippen LogP contribution in [-0.2, 0) is 4.79 Å². The summed E-state index contributed by atoms with van der Waals surface area (Å²) in [5.41, 5.74) is -0.185. The van der Waals surface area contributed by atoms with Gasteiger partial charge in [-0.25, -0.2) is 4.79 Å². The van der Waals surface area contributed by atoms with Crippen molar-refractivity contribution >= 4 is 40.2 Å². The standard InChI is InChI=1S/C12H11IN2O6/c13-9-2-1-6(15(20)21)3-8(9)11(17)14-5-7(16)4-10(14)12(18)19/h1-3,7,10,16H,4-5H2,(H,18,19)/t7?,10-/m0/s1. The molecule has 1 aromatic carbocycles. The normalized spacial score (nSPS) is 21.3. The lowest BCUT2D eigenvalue weighted by Crippen LogP contribution is -2.40. The number of likely N-dealkylation sites (tertiary alicyclic amines) is 1. The van der Waals surface area contributed by atoms with Gasteiger partial charge in [-0.3, -0.25) is 14.9 Å². The Morgan fingerprint density at radius 1 is 1.43 bits per heavy atom. The van der Waals surface area contributed by atoms with E-state index in [2.05, 4.69) is 0 Å². The average Bonchev–Trinajstić information content (AvgIpc) is 2.80. The summed E-state index contributed by atoms with van der Waals surface area (Å²) >= 11 is 1.85. The van der Waals surface area contributed by atoms with E-state index in [1.165, 1.54) is 12.1 Å². The van der Waals surface area contributed by atoms with Crippen LogP contribution in [-0.4, -0.2) is 50.6 Å². The fourth-order valence-corrected chi connectivity index (χ4v) is 2.78. The number of nitro groups is 1. The third-order valence-corrected chi connectivity index (χ3v) is 4.16. The maximum absolute atomic E-state index is 12.4. The van der Waals surface area contributed by atoms with Crippen molar-refractivity contribution in [3.8, 4) is 0 Å². The van der Waals surface area contributed by atoms with Gasteiger partial charge in [-0.1, -0.05) is 0 Å². The topological polar surface area (TPSA) is 121 Å². The van der Waals surface area contributed by atoms with Gasteiger partial charge < -0.3 is 15.1 Å². The minimum absolute atomic E-state index is 0.0490. The van der Waals surface area contributed by atoms with Gasteiger partial charge in [0.05, 0.1) is 16.6 Å². The zero-order chi connectivity index (χ0) is 15.7. The van der Waals surface area contributed by atoms with Gasteiger partial charge in [-0.15, -0.1) is 0 Å².